The van der Waals surface area contributed by atoms with Crippen molar-refractivity contribution in [3.8, 4) is 0 Å². The van der Waals surface area contributed by atoms with Gasteiger partial charge in [0.25, 0.3) is 5.09 Å². The second-order valence-corrected chi connectivity index (χ2v) is 1.04. The molecule has 0 fully saturated rings. The van der Waals surface area contributed by atoms with Gasteiger partial charge in [0.1, 0.15) is 0 Å². The Hall–Kier alpha value is -0.610. The monoisotopic (exact) mass is 196 g/mol. The van der Waals surface area contributed by atoms with Crippen LogP contribution < -0.4 is 18.5 Å². The van der Waals surface area contributed by atoms with Crippen LogP contribution in [0.2, 0.25) is 0 Å². The van der Waals surface area contributed by atoms with Gasteiger partial charge in [0.2, 0.25) is 0 Å². The highest BCUT2D eigenvalue weighted by Crippen LogP contribution is 2.11. The van der Waals surface area contributed by atoms with Gasteiger partial charge in [-0.05, 0) is 0 Å². The molecule has 11 heteroatoms. The van der Waals surface area contributed by atoms with Gasteiger partial charge < -0.3 is 38.3 Å². The van der Waals surface area contributed by atoms with Gasteiger partial charge in [-0.25, -0.2) is 0 Å². The quantitative estimate of drug-likeness (QED) is 0.147. The number of nitrogens with zero attached hydrogens (tertiary/aromatic N) is 1. The summed E-state index contributed by atoms with van der Waals surface area (Å²) in [7, 11) is -2.62. The Morgan fingerprint density at radius 2 is 1.09 bits per heavy atom. The fourth-order valence-electron chi connectivity index (χ4n) is 0. The van der Waals surface area contributed by atoms with E-state index in [0.29, 0.717) is 0 Å². The summed E-state index contributed by atoms with van der Waals surface area (Å²) in [5, 5.41) is 13.6. The Bertz CT molecular complexity index is 58.8. The summed E-state index contributed by atoms with van der Waals surface area (Å²) in [5.41, 5.74) is 0. The molecule has 0 rings (SSSR count). The number of rotatable bonds is 0. The lowest BCUT2D eigenvalue weighted by Gasteiger charge is -1.76. The lowest BCUT2D eigenvalue weighted by Crippen LogP contribution is -1.81. The smallest absolute Gasteiger partial charge is 0.324 e. The second kappa shape index (κ2) is 22.8. The largest absolute Gasteiger partial charge is 0.344 e. The molecule has 0 spiro atoms. The molecular weight excluding hydrogens is 183 g/mol. The van der Waals surface area contributed by atoms with Crippen molar-refractivity contribution in [3.63, 3.8) is 0 Å². The Balaban J connectivity index is -0.0000000171. The van der Waals surface area contributed by atoms with Gasteiger partial charge >= 0.3 is 8.60 Å². The van der Waals surface area contributed by atoms with Crippen LogP contribution in [0.3, 0.4) is 0 Å². The van der Waals surface area contributed by atoms with Crippen LogP contribution >= 0.6 is 8.60 Å². The summed E-state index contributed by atoms with van der Waals surface area (Å²) in [6, 6.07) is 0. The van der Waals surface area contributed by atoms with E-state index in [-0.39, 0.29) is 18.5 Å². The van der Waals surface area contributed by atoms with Gasteiger partial charge in [-0.15, -0.1) is 10.1 Å². The maximum absolute atomic E-state index is 8.36. The van der Waals surface area contributed by atoms with Crippen molar-refractivity contribution in [2.45, 2.75) is 0 Å². The van der Waals surface area contributed by atoms with Gasteiger partial charge in [-0.3, -0.25) is 0 Å². The molecule has 0 aromatic carbocycles. The molecule has 0 aliphatic carbocycles. The first-order chi connectivity index (χ1) is 3.46. The molecule has 0 aliphatic rings. The van der Waals surface area contributed by atoms with E-state index in [1.165, 1.54) is 0 Å². The molecule has 0 aromatic heterocycles. The predicted octanol–water partition coefficient (Wildman–Crippen LogP) is -0.672. The minimum Gasteiger partial charge on any atom is -0.344 e. The van der Waals surface area contributed by atoms with Crippen molar-refractivity contribution in [1.82, 2.24) is 18.5 Å². The highest BCUT2D eigenvalue weighted by atomic mass is 31.2. The van der Waals surface area contributed by atoms with Crippen LogP contribution in [0.25, 0.3) is 0 Å². The molecular formula is H13N4O6P. The first-order valence-corrected chi connectivity index (χ1v) is 2.37. The van der Waals surface area contributed by atoms with Crippen molar-refractivity contribution < 1.29 is 25.0 Å². The second-order valence-electron chi connectivity index (χ2n) is 0.506. The van der Waals surface area contributed by atoms with Crippen molar-refractivity contribution in [1.29, 1.82) is 0 Å². The molecule has 0 heterocycles. The zero-order valence-electron chi connectivity index (χ0n) is 5.62. The third-order valence-corrected chi connectivity index (χ3v) is 0. The van der Waals surface area contributed by atoms with E-state index in [1.54, 1.807) is 0 Å². The minimum atomic E-state index is -2.62. The summed E-state index contributed by atoms with van der Waals surface area (Å²) >= 11 is 0. The molecule has 0 bridgehead atoms. The molecule has 10 nitrogen and oxygen atoms in total. The van der Waals surface area contributed by atoms with E-state index in [0.717, 1.165) is 0 Å². The average molecular weight is 196 g/mol. The molecule has 0 saturated heterocycles. The fourth-order valence-corrected chi connectivity index (χ4v) is 0. The summed E-state index contributed by atoms with van der Waals surface area (Å²) in [6.07, 6.45) is 0. The van der Waals surface area contributed by atoms with E-state index >= 15 is 0 Å². The lowest BCUT2D eigenvalue weighted by atomic mass is 13.1. The SMILES string of the molecule is N.N.N.O=[N+]([O-])O.OP(O)O. The van der Waals surface area contributed by atoms with E-state index < -0.39 is 13.7 Å². The summed E-state index contributed by atoms with van der Waals surface area (Å²) in [6.45, 7) is 0. The standard InChI is InChI=1S/HNO3.3H3N.H3O3P/c2-1(3)4;;;;1-4(2)3/h(H,2,3,4);3*1H3;1-3H. The van der Waals surface area contributed by atoms with Crippen LogP contribution in [0, 0.1) is 10.1 Å². The van der Waals surface area contributed by atoms with Gasteiger partial charge in [0, 0.05) is 0 Å². The third kappa shape index (κ3) is 1380. The fraction of sp³-hybridized carbons (Fsp3) is 0. The van der Waals surface area contributed by atoms with Gasteiger partial charge in [0.15, 0.2) is 0 Å². The third-order valence-electron chi connectivity index (χ3n) is 0. The van der Waals surface area contributed by atoms with Crippen LogP contribution in [-0.2, 0) is 0 Å². The zero-order valence-corrected chi connectivity index (χ0v) is 6.52. The van der Waals surface area contributed by atoms with Crippen LogP contribution in [0.5, 0.6) is 0 Å². The Morgan fingerprint density at radius 3 is 1.09 bits per heavy atom. The maximum atomic E-state index is 8.36. The maximum Gasteiger partial charge on any atom is 0.324 e. The van der Waals surface area contributed by atoms with Gasteiger partial charge in [0.05, 0.1) is 0 Å². The zero-order chi connectivity index (χ0) is 7.15. The van der Waals surface area contributed by atoms with E-state index in [4.69, 9.17) is 30.0 Å². The Labute approximate surface area is 63.3 Å². The highest BCUT2D eigenvalue weighted by Gasteiger charge is 1.76. The first kappa shape index (κ1) is 31.5. The molecule has 0 aromatic rings. The van der Waals surface area contributed by atoms with Crippen molar-refractivity contribution in [2.24, 2.45) is 0 Å². The summed E-state index contributed by atoms with van der Waals surface area (Å²) in [4.78, 5) is 30.1. The van der Waals surface area contributed by atoms with E-state index in [2.05, 4.69) is 0 Å². The highest BCUT2D eigenvalue weighted by molar-refractivity contribution is 7.38. The Morgan fingerprint density at radius 1 is 1.09 bits per heavy atom. The van der Waals surface area contributed by atoms with Crippen molar-refractivity contribution >= 4 is 8.60 Å². The van der Waals surface area contributed by atoms with Gasteiger partial charge in [-0.2, -0.15) is 0 Å². The van der Waals surface area contributed by atoms with Crippen LogP contribution in [0.15, 0.2) is 0 Å². The minimum absolute atomic E-state index is 0. The molecule has 13 N–H and O–H groups in total. The molecule has 0 radical (unpaired) electrons. The topological polar surface area (TPSA) is 229 Å². The molecule has 74 valence electrons. The first-order valence-electron chi connectivity index (χ1n) is 1.17. The molecule has 0 aliphatic heterocycles. The van der Waals surface area contributed by atoms with Crippen LogP contribution in [0.4, 0.5) is 0 Å². The van der Waals surface area contributed by atoms with Crippen molar-refractivity contribution in [3.05, 3.63) is 10.1 Å². The summed E-state index contributed by atoms with van der Waals surface area (Å²) < 4.78 is 0. The van der Waals surface area contributed by atoms with Crippen LogP contribution in [0.1, 0.15) is 0 Å². The predicted molar refractivity (Wildman–Crippen MR) is 37.4 cm³/mol. The number of hydrogen-bond donors (Lipinski definition) is 7. The van der Waals surface area contributed by atoms with E-state index in [1.807, 2.05) is 0 Å². The molecule has 0 unspecified atom stereocenters. The van der Waals surface area contributed by atoms with E-state index in [9.17, 15) is 0 Å². The Kier molecular flexibility index (Phi) is 65.2. The molecule has 0 saturated carbocycles. The summed E-state index contributed by atoms with van der Waals surface area (Å²) in [5.74, 6) is 0. The normalized spacial score (nSPS) is 5.45. The molecule has 0 amide bonds. The molecule has 11 heavy (non-hydrogen) atoms. The molecule has 0 atom stereocenters. The number of hydrogen-bond acceptors (Lipinski definition) is 8. The lowest BCUT2D eigenvalue weighted by molar-refractivity contribution is -0.742. The average Bonchev–Trinajstić information content (AvgIpc) is 1.25. The van der Waals surface area contributed by atoms with Crippen LogP contribution in [-0.4, -0.2) is 25.0 Å². The van der Waals surface area contributed by atoms with Gasteiger partial charge in [-0.1, -0.05) is 0 Å². The van der Waals surface area contributed by atoms with Crippen molar-refractivity contribution in [2.75, 3.05) is 0 Å².